The number of carbonyl (C=O) groups is 1. The number of aromatic nitrogens is 2. The van der Waals surface area contributed by atoms with Gasteiger partial charge in [-0.05, 0) is 18.6 Å². The molecule has 0 saturated carbocycles. The molecule has 8 nitrogen and oxygen atoms in total. The highest BCUT2D eigenvalue weighted by Crippen LogP contribution is 2.42. The molecule has 1 aliphatic rings. The number of rotatable bonds is 3. The zero-order chi connectivity index (χ0) is 19.9. The van der Waals surface area contributed by atoms with Crippen LogP contribution in [0.2, 0.25) is 5.02 Å². The summed E-state index contributed by atoms with van der Waals surface area (Å²) in [5, 5.41) is 0.334. The van der Waals surface area contributed by atoms with Crippen molar-refractivity contribution in [3.63, 3.8) is 0 Å². The van der Waals surface area contributed by atoms with Gasteiger partial charge in [0.25, 0.3) is 5.56 Å². The highest BCUT2D eigenvalue weighted by Gasteiger charge is 2.40. The molecule has 0 aliphatic carbocycles. The lowest BCUT2D eigenvalue weighted by molar-refractivity contribution is -0.139. The molecule has 1 aromatic heterocycles. The Morgan fingerprint density at radius 3 is 2.56 bits per heavy atom. The fourth-order valence-electron chi connectivity index (χ4n) is 3.12. The van der Waals surface area contributed by atoms with Gasteiger partial charge in [0, 0.05) is 19.1 Å². The lowest BCUT2D eigenvalue weighted by atomic mass is 9.84. The fourth-order valence-corrected chi connectivity index (χ4v) is 3.36. The molecule has 1 aromatic carbocycles. The molecule has 0 unspecified atom stereocenters. The van der Waals surface area contributed by atoms with E-state index in [2.05, 4.69) is 0 Å². The van der Waals surface area contributed by atoms with E-state index in [1.54, 1.807) is 31.2 Å². The second kappa shape index (κ2) is 6.96. The molecule has 0 bridgehead atoms. The van der Waals surface area contributed by atoms with E-state index in [4.69, 9.17) is 26.8 Å². The molecule has 1 atom stereocenters. The quantitative estimate of drug-likeness (QED) is 0.782. The number of ether oxygens (including phenoxy) is 2. The second-order valence-electron chi connectivity index (χ2n) is 5.98. The molecule has 0 fully saturated rings. The summed E-state index contributed by atoms with van der Waals surface area (Å²) in [6.07, 6.45) is 0. The monoisotopic (exact) mass is 391 g/mol. The summed E-state index contributed by atoms with van der Waals surface area (Å²) in [4.78, 5) is 37.8. The maximum absolute atomic E-state index is 12.9. The molecule has 27 heavy (non-hydrogen) atoms. The van der Waals surface area contributed by atoms with Gasteiger partial charge in [0.15, 0.2) is 0 Å². The predicted octanol–water partition coefficient (Wildman–Crippen LogP) is 0.995. The predicted molar refractivity (Wildman–Crippen MR) is 98.7 cm³/mol. The van der Waals surface area contributed by atoms with Gasteiger partial charge in [-0.2, -0.15) is 0 Å². The highest BCUT2D eigenvalue weighted by atomic mass is 35.5. The van der Waals surface area contributed by atoms with Crippen LogP contribution in [-0.2, 0) is 23.6 Å². The molecule has 2 heterocycles. The van der Waals surface area contributed by atoms with Crippen molar-refractivity contribution < 1.29 is 14.3 Å². The van der Waals surface area contributed by atoms with Crippen LogP contribution < -0.4 is 21.7 Å². The minimum atomic E-state index is -0.938. The first-order valence-electron chi connectivity index (χ1n) is 8.18. The minimum absolute atomic E-state index is 0.0291. The molecular formula is C18H18ClN3O5. The van der Waals surface area contributed by atoms with E-state index in [0.717, 1.165) is 9.13 Å². The van der Waals surface area contributed by atoms with Crippen molar-refractivity contribution in [1.29, 1.82) is 0 Å². The van der Waals surface area contributed by atoms with Crippen molar-refractivity contribution in [3.05, 3.63) is 72.7 Å². The number of benzene rings is 1. The molecule has 0 radical (unpaired) electrons. The summed E-state index contributed by atoms with van der Waals surface area (Å²) in [6, 6.07) is 6.76. The third-order valence-corrected chi connectivity index (χ3v) is 4.75. The van der Waals surface area contributed by atoms with Crippen LogP contribution in [0.4, 0.5) is 0 Å². The van der Waals surface area contributed by atoms with Gasteiger partial charge in [-0.3, -0.25) is 13.9 Å². The zero-order valence-corrected chi connectivity index (χ0v) is 15.7. The number of halogens is 1. The molecule has 2 N–H and O–H groups in total. The van der Waals surface area contributed by atoms with Gasteiger partial charge in [-0.15, -0.1) is 0 Å². The van der Waals surface area contributed by atoms with E-state index in [1.165, 1.54) is 14.1 Å². The van der Waals surface area contributed by atoms with Crippen LogP contribution in [0.1, 0.15) is 24.0 Å². The molecule has 3 rings (SSSR count). The van der Waals surface area contributed by atoms with Gasteiger partial charge < -0.3 is 15.2 Å². The van der Waals surface area contributed by atoms with Crippen LogP contribution in [0.3, 0.4) is 0 Å². The zero-order valence-electron chi connectivity index (χ0n) is 15.0. The molecule has 1 aliphatic heterocycles. The maximum Gasteiger partial charge on any atom is 0.340 e. The van der Waals surface area contributed by atoms with Crippen molar-refractivity contribution in [1.82, 2.24) is 9.13 Å². The number of hydrogen-bond donors (Lipinski definition) is 1. The van der Waals surface area contributed by atoms with Crippen LogP contribution in [-0.4, -0.2) is 21.7 Å². The molecule has 0 amide bonds. The third-order valence-electron chi connectivity index (χ3n) is 4.40. The van der Waals surface area contributed by atoms with E-state index in [1.807, 2.05) is 0 Å². The van der Waals surface area contributed by atoms with E-state index in [-0.39, 0.29) is 29.5 Å². The number of esters is 1. The van der Waals surface area contributed by atoms with Crippen LogP contribution in [0.5, 0.6) is 5.88 Å². The first kappa shape index (κ1) is 18.8. The average Bonchev–Trinajstić information content (AvgIpc) is 2.64. The Hall–Kier alpha value is -3.00. The van der Waals surface area contributed by atoms with E-state index in [0.29, 0.717) is 10.6 Å². The van der Waals surface area contributed by atoms with Gasteiger partial charge in [0.2, 0.25) is 11.8 Å². The van der Waals surface area contributed by atoms with Crippen LogP contribution >= 0.6 is 11.6 Å². The van der Waals surface area contributed by atoms with Gasteiger partial charge in [-0.25, -0.2) is 9.59 Å². The summed E-state index contributed by atoms with van der Waals surface area (Å²) in [5.41, 5.74) is 5.35. The number of nitrogens with two attached hydrogens (primary N) is 1. The molecular weight excluding hydrogens is 374 g/mol. The topological polar surface area (TPSA) is 106 Å². The van der Waals surface area contributed by atoms with Crippen molar-refractivity contribution in [2.75, 3.05) is 6.61 Å². The Morgan fingerprint density at radius 1 is 1.26 bits per heavy atom. The number of hydrogen-bond acceptors (Lipinski definition) is 6. The highest BCUT2D eigenvalue weighted by molar-refractivity contribution is 6.31. The van der Waals surface area contributed by atoms with Crippen LogP contribution in [0, 0.1) is 0 Å². The molecule has 0 saturated heterocycles. The standard InChI is InChI=1S/C18H18ClN3O5/c1-4-26-17(24)12-11(9-7-5-6-8-10(9)19)13-15(23)21(2)18(25)22(3)16(13)27-14(12)20/h5-8,11H,4,20H2,1-3H3/t11-/m1/s1. The molecule has 0 spiro atoms. The van der Waals surface area contributed by atoms with E-state index in [9.17, 15) is 14.4 Å². The fraction of sp³-hybridized carbons (Fsp3) is 0.278. The average molecular weight is 392 g/mol. The summed E-state index contributed by atoms with van der Waals surface area (Å²) in [7, 11) is 2.80. The molecule has 9 heteroatoms. The van der Waals surface area contributed by atoms with Crippen molar-refractivity contribution in [2.45, 2.75) is 12.8 Å². The summed E-state index contributed by atoms with van der Waals surface area (Å²) in [5.74, 6) is -1.93. The second-order valence-corrected chi connectivity index (χ2v) is 6.39. The SMILES string of the molecule is CCOC(=O)C1=C(N)Oc2c(c(=O)n(C)c(=O)n2C)[C@@H]1c1ccccc1Cl. The van der Waals surface area contributed by atoms with Crippen molar-refractivity contribution in [2.24, 2.45) is 19.8 Å². The summed E-state index contributed by atoms with van der Waals surface area (Å²) >= 11 is 6.35. The van der Waals surface area contributed by atoms with Crippen molar-refractivity contribution in [3.8, 4) is 5.88 Å². The van der Waals surface area contributed by atoms with Crippen molar-refractivity contribution >= 4 is 17.6 Å². The van der Waals surface area contributed by atoms with Crippen LogP contribution in [0.15, 0.2) is 45.3 Å². The Bertz CT molecular complexity index is 1080. The summed E-state index contributed by atoms with van der Waals surface area (Å²) < 4.78 is 12.7. The number of fused-ring (bicyclic) bond motifs is 1. The Kier molecular flexibility index (Phi) is 4.84. The Labute approximate surface area is 159 Å². The normalized spacial score (nSPS) is 15.9. The Morgan fingerprint density at radius 2 is 1.93 bits per heavy atom. The van der Waals surface area contributed by atoms with E-state index >= 15 is 0 Å². The molecule has 2 aromatic rings. The first-order chi connectivity index (χ1) is 12.8. The lowest BCUT2D eigenvalue weighted by Gasteiger charge is -2.29. The lowest BCUT2D eigenvalue weighted by Crippen LogP contribution is -2.43. The van der Waals surface area contributed by atoms with E-state index < -0.39 is 23.1 Å². The minimum Gasteiger partial charge on any atom is -0.462 e. The first-order valence-corrected chi connectivity index (χ1v) is 8.56. The number of nitrogens with zero attached hydrogens (tertiary/aromatic N) is 2. The smallest absolute Gasteiger partial charge is 0.340 e. The summed E-state index contributed by atoms with van der Waals surface area (Å²) in [6.45, 7) is 1.77. The molecule has 142 valence electrons. The van der Waals surface area contributed by atoms with Gasteiger partial charge >= 0.3 is 11.7 Å². The largest absolute Gasteiger partial charge is 0.462 e. The maximum atomic E-state index is 12.9. The third kappa shape index (κ3) is 2.91. The Balaban J connectivity index is 2.42. The number of carbonyl (C=O) groups excluding carboxylic acids is 1. The van der Waals surface area contributed by atoms with Crippen LogP contribution in [0.25, 0.3) is 0 Å². The van der Waals surface area contributed by atoms with Gasteiger partial charge in [0.05, 0.1) is 18.1 Å². The van der Waals surface area contributed by atoms with Gasteiger partial charge in [-0.1, -0.05) is 29.8 Å². The van der Waals surface area contributed by atoms with Gasteiger partial charge in [0.1, 0.15) is 5.57 Å².